The van der Waals surface area contributed by atoms with E-state index in [1.807, 2.05) is 24.3 Å². The fourth-order valence-electron chi connectivity index (χ4n) is 4.39. The highest BCUT2D eigenvalue weighted by Crippen LogP contribution is 2.26. The lowest BCUT2D eigenvalue weighted by Crippen LogP contribution is -2.40. The van der Waals surface area contributed by atoms with E-state index < -0.39 is 21.8 Å². The van der Waals surface area contributed by atoms with Gasteiger partial charge in [0, 0.05) is 43.0 Å². The molecule has 1 aromatic heterocycles. The number of aryl methyl sites for hydroxylation is 1. The van der Waals surface area contributed by atoms with Gasteiger partial charge in [-0.15, -0.1) is 0 Å². The van der Waals surface area contributed by atoms with Gasteiger partial charge in [-0.2, -0.15) is 0 Å². The Morgan fingerprint density at radius 1 is 1.11 bits per heavy atom. The lowest BCUT2D eigenvalue weighted by atomic mass is 10.1. The van der Waals surface area contributed by atoms with Crippen molar-refractivity contribution >= 4 is 21.4 Å². The maximum Gasteiger partial charge on any atom is 0.276 e. The number of rotatable bonds is 8. The van der Waals surface area contributed by atoms with Crippen molar-refractivity contribution in [2.24, 2.45) is 0 Å². The standard InChI is InChI=1S/C26H30FN3O4S/c1-4-29(5-2)21-10-7-19(8-11-21)16-30(22-12-13-35(32,33)17-22)26(31)24-15-25(34-28-24)20-9-6-18(3)23(27)14-20/h6-11,14-15,22H,4-5,12-13,16-17H2,1-3H3/t22-/m1/s1. The van der Waals surface area contributed by atoms with Crippen molar-refractivity contribution in [2.75, 3.05) is 29.5 Å². The molecule has 0 bridgehead atoms. The van der Waals surface area contributed by atoms with Crippen molar-refractivity contribution in [3.8, 4) is 11.3 Å². The first-order valence-corrected chi connectivity index (χ1v) is 13.6. The van der Waals surface area contributed by atoms with Gasteiger partial charge in [-0.05, 0) is 56.5 Å². The molecular formula is C26H30FN3O4S. The van der Waals surface area contributed by atoms with Crippen LogP contribution in [-0.2, 0) is 16.4 Å². The third kappa shape index (κ3) is 5.56. The molecule has 4 rings (SSSR count). The molecule has 0 saturated carbocycles. The van der Waals surface area contributed by atoms with Gasteiger partial charge in [0.15, 0.2) is 21.3 Å². The molecule has 9 heteroatoms. The van der Waals surface area contributed by atoms with Crippen molar-refractivity contribution in [1.82, 2.24) is 10.1 Å². The summed E-state index contributed by atoms with van der Waals surface area (Å²) in [4.78, 5) is 17.3. The van der Waals surface area contributed by atoms with Gasteiger partial charge >= 0.3 is 0 Å². The van der Waals surface area contributed by atoms with Gasteiger partial charge < -0.3 is 14.3 Å². The minimum atomic E-state index is -3.21. The van der Waals surface area contributed by atoms with Crippen LogP contribution in [0.4, 0.5) is 10.1 Å². The number of hydrogen-bond donors (Lipinski definition) is 0. The largest absolute Gasteiger partial charge is 0.372 e. The van der Waals surface area contributed by atoms with E-state index in [1.165, 1.54) is 12.1 Å². The van der Waals surface area contributed by atoms with E-state index in [2.05, 4.69) is 23.9 Å². The Morgan fingerprint density at radius 2 is 1.83 bits per heavy atom. The summed E-state index contributed by atoms with van der Waals surface area (Å²) in [5.74, 6) is -0.547. The van der Waals surface area contributed by atoms with E-state index in [4.69, 9.17) is 4.52 Å². The Bertz CT molecular complexity index is 1300. The van der Waals surface area contributed by atoms with E-state index >= 15 is 0 Å². The number of benzene rings is 2. The van der Waals surface area contributed by atoms with E-state index in [9.17, 15) is 17.6 Å². The topological polar surface area (TPSA) is 83.7 Å². The Balaban J connectivity index is 1.60. The summed E-state index contributed by atoms with van der Waals surface area (Å²) < 4.78 is 43.7. The third-order valence-corrected chi connectivity index (χ3v) is 8.26. The van der Waals surface area contributed by atoms with Crippen LogP contribution in [0.3, 0.4) is 0 Å². The number of anilines is 1. The second-order valence-corrected chi connectivity index (χ2v) is 11.1. The second kappa shape index (κ2) is 10.2. The molecule has 0 unspecified atom stereocenters. The summed E-state index contributed by atoms with van der Waals surface area (Å²) in [5, 5.41) is 3.93. The molecule has 3 aromatic rings. The van der Waals surface area contributed by atoms with E-state index in [1.54, 1.807) is 24.0 Å². The summed E-state index contributed by atoms with van der Waals surface area (Å²) in [6, 6.07) is 13.6. The summed E-state index contributed by atoms with van der Waals surface area (Å²) in [6.45, 7) is 7.87. The fourth-order valence-corrected chi connectivity index (χ4v) is 6.12. The van der Waals surface area contributed by atoms with E-state index in [0.717, 1.165) is 24.3 Å². The highest BCUT2D eigenvalue weighted by molar-refractivity contribution is 7.91. The van der Waals surface area contributed by atoms with Crippen LogP contribution in [0.25, 0.3) is 11.3 Å². The maximum absolute atomic E-state index is 14.0. The van der Waals surface area contributed by atoms with Crippen LogP contribution in [-0.4, -0.2) is 55.0 Å². The van der Waals surface area contributed by atoms with Gasteiger partial charge in [-0.1, -0.05) is 29.4 Å². The smallest absolute Gasteiger partial charge is 0.276 e. The van der Waals surface area contributed by atoms with Crippen LogP contribution in [0.15, 0.2) is 53.1 Å². The van der Waals surface area contributed by atoms with Crippen LogP contribution in [0, 0.1) is 12.7 Å². The summed E-state index contributed by atoms with van der Waals surface area (Å²) in [6.07, 6.45) is 0.374. The molecule has 35 heavy (non-hydrogen) atoms. The van der Waals surface area contributed by atoms with E-state index in [-0.39, 0.29) is 35.3 Å². The Labute approximate surface area is 205 Å². The van der Waals surface area contributed by atoms with Gasteiger partial charge in [-0.3, -0.25) is 4.79 Å². The van der Waals surface area contributed by atoms with Crippen molar-refractivity contribution < 1.29 is 22.1 Å². The lowest BCUT2D eigenvalue weighted by molar-refractivity contribution is 0.0670. The maximum atomic E-state index is 14.0. The van der Waals surface area contributed by atoms with E-state index in [0.29, 0.717) is 17.5 Å². The summed E-state index contributed by atoms with van der Waals surface area (Å²) in [5.41, 5.74) is 3.02. The zero-order chi connectivity index (χ0) is 25.2. The predicted molar refractivity (Wildman–Crippen MR) is 134 cm³/mol. The molecule has 0 N–H and O–H groups in total. The molecule has 1 saturated heterocycles. The fraction of sp³-hybridized carbons (Fsp3) is 0.385. The SMILES string of the molecule is CCN(CC)c1ccc(CN(C(=O)c2cc(-c3ccc(C)c(F)c3)on2)[C@@H]2CCS(=O)(=O)C2)cc1. The van der Waals surface area contributed by atoms with Crippen LogP contribution in [0.1, 0.15) is 41.9 Å². The number of sulfone groups is 1. The van der Waals surface area contributed by atoms with Crippen LogP contribution in [0.2, 0.25) is 0 Å². The number of carbonyl (C=O) groups excluding carboxylic acids is 1. The number of amides is 1. The monoisotopic (exact) mass is 499 g/mol. The van der Waals surface area contributed by atoms with Gasteiger partial charge in [0.05, 0.1) is 11.5 Å². The summed E-state index contributed by atoms with van der Waals surface area (Å²) in [7, 11) is -3.21. The number of carbonyl (C=O) groups is 1. The second-order valence-electron chi connectivity index (χ2n) is 8.87. The summed E-state index contributed by atoms with van der Waals surface area (Å²) >= 11 is 0. The van der Waals surface area contributed by atoms with Crippen molar-refractivity contribution in [3.63, 3.8) is 0 Å². The van der Waals surface area contributed by atoms with Gasteiger partial charge in [0.1, 0.15) is 5.82 Å². The molecule has 0 aliphatic carbocycles. The van der Waals surface area contributed by atoms with Gasteiger partial charge in [-0.25, -0.2) is 12.8 Å². The minimum absolute atomic E-state index is 0.0506. The van der Waals surface area contributed by atoms with Crippen molar-refractivity contribution in [3.05, 3.63) is 71.2 Å². The molecule has 7 nitrogen and oxygen atoms in total. The number of aromatic nitrogens is 1. The van der Waals surface area contributed by atoms with Crippen LogP contribution in [0.5, 0.6) is 0 Å². The number of hydrogen-bond acceptors (Lipinski definition) is 6. The molecule has 2 aromatic carbocycles. The lowest BCUT2D eigenvalue weighted by Gasteiger charge is -2.28. The predicted octanol–water partition coefficient (Wildman–Crippen LogP) is 4.46. The average molecular weight is 500 g/mol. The Morgan fingerprint density at radius 3 is 2.43 bits per heavy atom. The first-order valence-electron chi connectivity index (χ1n) is 11.8. The molecule has 1 fully saturated rings. The highest BCUT2D eigenvalue weighted by Gasteiger charge is 2.36. The normalized spacial score (nSPS) is 16.9. The molecule has 1 amide bonds. The Kier molecular flexibility index (Phi) is 7.25. The molecule has 186 valence electrons. The highest BCUT2D eigenvalue weighted by atomic mass is 32.2. The number of nitrogens with zero attached hydrogens (tertiary/aromatic N) is 3. The quantitative estimate of drug-likeness (QED) is 0.455. The minimum Gasteiger partial charge on any atom is -0.372 e. The zero-order valence-electron chi connectivity index (χ0n) is 20.2. The molecule has 1 atom stereocenters. The van der Waals surface area contributed by atoms with Gasteiger partial charge in [0.2, 0.25) is 0 Å². The third-order valence-electron chi connectivity index (χ3n) is 6.51. The van der Waals surface area contributed by atoms with Gasteiger partial charge in [0.25, 0.3) is 5.91 Å². The molecule has 2 heterocycles. The average Bonchev–Trinajstić information content (AvgIpc) is 3.47. The molecule has 1 aliphatic heterocycles. The molecular weight excluding hydrogens is 469 g/mol. The molecule has 0 spiro atoms. The first kappa shape index (κ1) is 24.9. The Hall–Kier alpha value is -3.20. The number of halogens is 1. The van der Waals surface area contributed by atoms with Crippen LogP contribution < -0.4 is 4.90 Å². The molecule has 0 radical (unpaired) electrons. The molecule has 1 aliphatic rings. The first-order chi connectivity index (χ1) is 16.7. The van der Waals surface area contributed by atoms with Crippen LogP contribution >= 0.6 is 0 Å². The zero-order valence-corrected chi connectivity index (χ0v) is 21.0. The van der Waals surface area contributed by atoms with Crippen molar-refractivity contribution in [2.45, 2.75) is 39.8 Å². The van der Waals surface area contributed by atoms with Crippen molar-refractivity contribution in [1.29, 1.82) is 0 Å².